The van der Waals surface area contributed by atoms with Crippen molar-refractivity contribution in [3.8, 4) is 0 Å². The highest BCUT2D eigenvalue weighted by Gasteiger charge is 2.28. The summed E-state index contributed by atoms with van der Waals surface area (Å²) in [5, 5.41) is 19.8. The summed E-state index contributed by atoms with van der Waals surface area (Å²) in [7, 11) is 0. The molecule has 1 fully saturated rings. The van der Waals surface area contributed by atoms with Gasteiger partial charge in [-0.3, -0.25) is 14.9 Å². The van der Waals surface area contributed by atoms with Crippen LogP contribution in [0.4, 0.5) is 11.4 Å². The highest BCUT2D eigenvalue weighted by Crippen LogP contribution is 2.22. The van der Waals surface area contributed by atoms with Gasteiger partial charge in [-0.2, -0.15) is 0 Å². The Morgan fingerprint density at radius 2 is 2.14 bits per heavy atom. The highest BCUT2D eigenvalue weighted by atomic mass is 16.6. The van der Waals surface area contributed by atoms with Gasteiger partial charge in [0, 0.05) is 25.1 Å². The fourth-order valence-electron chi connectivity index (χ4n) is 2.20. The molecular weight excluding hydrogens is 272 g/mol. The molecule has 2 rings (SSSR count). The van der Waals surface area contributed by atoms with E-state index >= 15 is 0 Å². The second-order valence-electron chi connectivity index (χ2n) is 5.20. The maximum atomic E-state index is 11.9. The first-order valence-electron chi connectivity index (χ1n) is 7.05. The van der Waals surface area contributed by atoms with Crippen molar-refractivity contribution in [2.75, 3.05) is 31.5 Å². The smallest absolute Gasteiger partial charge is 0.292 e. The number of nitrogens with one attached hydrogen (secondary N) is 3. The van der Waals surface area contributed by atoms with Crippen LogP contribution in [-0.2, 0) is 4.79 Å². The normalized spacial score (nSPS) is 15.9. The minimum atomic E-state index is -0.424. The molecule has 3 N–H and O–H groups in total. The fourth-order valence-corrected chi connectivity index (χ4v) is 2.20. The van der Waals surface area contributed by atoms with Gasteiger partial charge in [-0.25, -0.2) is 0 Å². The average molecular weight is 292 g/mol. The van der Waals surface area contributed by atoms with Gasteiger partial charge in [0.05, 0.1) is 4.92 Å². The lowest BCUT2D eigenvalue weighted by Gasteiger charge is -2.31. The van der Waals surface area contributed by atoms with Crippen LogP contribution < -0.4 is 16.0 Å². The zero-order chi connectivity index (χ0) is 15.2. The summed E-state index contributed by atoms with van der Waals surface area (Å²) in [4.78, 5) is 22.3. The van der Waals surface area contributed by atoms with Crippen LogP contribution in [0, 0.1) is 22.0 Å². The van der Waals surface area contributed by atoms with E-state index in [0.29, 0.717) is 24.7 Å². The number of para-hydroxylation sites is 2. The number of hydrogen-bond donors (Lipinski definition) is 3. The Kier molecular flexibility index (Phi) is 5.10. The summed E-state index contributed by atoms with van der Waals surface area (Å²) in [5.41, 5.74) is 0.505. The molecule has 0 spiro atoms. The van der Waals surface area contributed by atoms with Crippen LogP contribution in [0.25, 0.3) is 0 Å². The quantitative estimate of drug-likeness (QED) is 0.395. The maximum absolute atomic E-state index is 11.9. The van der Waals surface area contributed by atoms with Crippen molar-refractivity contribution >= 4 is 17.3 Å². The van der Waals surface area contributed by atoms with Gasteiger partial charge in [0.25, 0.3) is 5.69 Å². The van der Waals surface area contributed by atoms with Gasteiger partial charge >= 0.3 is 0 Å². The van der Waals surface area contributed by atoms with E-state index in [1.54, 1.807) is 18.2 Å². The highest BCUT2D eigenvalue weighted by molar-refractivity contribution is 5.78. The van der Waals surface area contributed by atoms with Gasteiger partial charge in [-0.05, 0) is 25.1 Å². The minimum absolute atomic E-state index is 0.00249. The van der Waals surface area contributed by atoms with Crippen LogP contribution in [0.15, 0.2) is 24.3 Å². The summed E-state index contributed by atoms with van der Waals surface area (Å²) in [6, 6.07) is 6.47. The first-order chi connectivity index (χ1) is 10.1. The Morgan fingerprint density at radius 1 is 1.43 bits per heavy atom. The molecule has 1 saturated heterocycles. The zero-order valence-electron chi connectivity index (χ0n) is 12.0. The lowest BCUT2D eigenvalue weighted by molar-refractivity contribution is -0.384. The van der Waals surface area contributed by atoms with Gasteiger partial charge in [-0.1, -0.05) is 19.1 Å². The van der Waals surface area contributed by atoms with Crippen molar-refractivity contribution in [2.24, 2.45) is 11.8 Å². The van der Waals surface area contributed by atoms with Crippen LogP contribution in [0.2, 0.25) is 0 Å². The SMILES string of the molecule is CC(C(=O)NCCNc1ccccc1[N+](=O)[O-])C1CNC1. The molecule has 1 heterocycles. The van der Waals surface area contributed by atoms with Crippen molar-refractivity contribution in [1.82, 2.24) is 10.6 Å². The van der Waals surface area contributed by atoms with Crippen LogP contribution in [0.3, 0.4) is 0 Å². The van der Waals surface area contributed by atoms with Crippen LogP contribution >= 0.6 is 0 Å². The van der Waals surface area contributed by atoms with Gasteiger partial charge in [0.1, 0.15) is 5.69 Å². The van der Waals surface area contributed by atoms with E-state index in [1.807, 2.05) is 6.92 Å². The van der Waals surface area contributed by atoms with Crippen molar-refractivity contribution < 1.29 is 9.72 Å². The van der Waals surface area contributed by atoms with Crippen molar-refractivity contribution in [1.29, 1.82) is 0 Å². The monoisotopic (exact) mass is 292 g/mol. The number of amides is 1. The Bertz CT molecular complexity index is 517. The van der Waals surface area contributed by atoms with Crippen LogP contribution in [0.5, 0.6) is 0 Å². The number of hydrogen-bond acceptors (Lipinski definition) is 5. The fraction of sp³-hybridized carbons (Fsp3) is 0.500. The molecule has 0 bridgehead atoms. The maximum Gasteiger partial charge on any atom is 0.292 e. The number of rotatable bonds is 7. The Hall–Kier alpha value is -2.15. The molecule has 21 heavy (non-hydrogen) atoms. The van der Waals surface area contributed by atoms with Gasteiger partial charge < -0.3 is 16.0 Å². The standard InChI is InChI=1S/C14H20N4O3/c1-10(11-8-15-9-11)14(19)17-7-6-16-12-4-2-3-5-13(12)18(20)21/h2-5,10-11,15-16H,6-9H2,1H3,(H,17,19). The first kappa shape index (κ1) is 15.2. The predicted molar refractivity (Wildman–Crippen MR) is 80.1 cm³/mol. The largest absolute Gasteiger partial charge is 0.378 e. The Morgan fingerprint density at radius 3 is 2.76 bits per heavy atom. The molecule has 7 nitrogen and oxygen atoms in total. The summed E-state index contributed by atoms with van der Waals surface area (Å²) in [6.07, 6.45) is 0. The van der Waals surface area contributed by atoms with E-state index in [4.69, 9.17) is 0 Å². The molecule has 0 radical (unpaired) electrons. The van der Waals surface area contributed by atoms with Crippen molar-refractivity contribution in [3.05, 3.63) is 34.4 Å². The van der Waals surface area contributed by atoms with E-state index in [2.05, 4.69) is 16.0 Å². The van der Waals surface area contributed by atoms with Crippen molar-refractivity contribution in [2.45, 2.75) is 6.92 Å². The molecule has 0 saturated carbocycles. The first-order valence-corrected chi connectivity index (χ1v) is 7.05. The second-order valence-corrected chi connectivity index (χ2v) is 5.20. The third kappa shape index (κ3) is 3.91. The van der Waals surface area contributed by atoms with E-state index in [0.717, 1.165) is 13.1 Å². The number of carbonyl (C=O) groups is 1. The third-order valence-corrected chi connectivity index (χ3v) is 3.77. The predicted octanol–water partition coefficient (Wildman–Crippen LogP) is 0.978. The minimum Gasteiger partial charge on any atom is -0.378 e. The second kappa shape index (κ2) is 7.03. The number of benzene rings is 1. The third-order valence-electron chi connectivity index (χ3n) is 3.77. The Labute approximate surface area is 123 Å². The van der Waals surface area contributed by atoms with Gasteiger partial charge in [0.2, 0.25) is 5.91 Å². The van der Waals surface area contributed by atoms with Gasteiger partial charge in [0.15, 0.2) is 0 Å². The summed E-state index contributed by atoms with van der Waals surface area (Å²) in [5.74, 6) is 0.441. The lowest BCUT2D eigenvalue weighted by atomic mass is 9.88. The topological polar surface area (TPSA) is 96.3 Å². The number of nitro benzene ring substituents is 1. The van der Waals surface area contributed by atoms with E-state index in [9.17, 15) is 14.9 Å². The molecule has 114 valence electrons. The zero-order valence-corrected chi connectivity index (χ0v) is 12.0. The summed E-state index contributed by atoms with van der Waals surface area (Å²) in [6.45, 7) is 4.60. The van der Waals surface area contributed by atoms with Gasteiger partial charge in [-0.15, -0.1) is 0 Å². The molecule has 0 aliphatic carbocycles. The van der Waals surface area contributed by atoms with E-state index < -0.39 is 4.92 Å². The molecule has 1 aromatic carbocycles. The average Bonchev–Trinajstić information content (AvgIpc) is 2.41. The summed E-state index contributed by atoms with van der Waals surface area (Å²) < 4.78 is 0. The number of nitro groups is 1. The molecule has 0 aromatic heterocycles. The Balaban J connectivity index is 1.74. The molecule has 7 heteroatoms. The number of carbonyl (C=O) groups excluding carboxylic acids is 1. The molecule has 1 atom stereocenters. The summed E-state index contributed by atoms with van der Waals surface area (Å²) >= 11 is 0. The number of nitrogens with zero attached hydrogens (tertiary/aromatic N) is 1. The molecule has 1 unspecified atom stereocenters. The number of anilines is 1. The molecular formula is C14H20N4O3. The van der Waals surface area contributed by atoms with E-state index in [-0.39, 0.29) is 17.5 Å². The molecule has 1 amide bonds. The van der Waals surface area contributed by atoms with E-state index in [1.165, 1.54) is 6.07 Å². The molecule has 1 aliphatic rings. The van der Waals surface area contributed by atoms with Crippen molar-refractivity contribution in [3.63, 3.8) is 0 Å². The van der Waals surface area contributed by atoms with Crippen LogP contribution in [0.1, 0.15) is 6.92 Å². The lowest BCUT2D eigenvalue weighted by Crippen LogP contribution is -2.50. The van der Waals surface area contributed by atoms with Crippen LogP contribution in [-0.4, -0.2) is 37.0 Å². The molecule has 1 aliphatic heterocycles. The molecule has 1 aromatic rings.